The third-order valence-corrected chi connectivity index (χ3v) is 4.12. The van der Waals surface area contributed by atoms with Crippen LogP contribution in [0.4, 0.5) is 4.39 Å². The van der Waals surface area contributed by atoms with Gasteiger partial charge in [-0.2, -0.15) is 4.98 Å². The molecule has 1 saturated carbocycles. The minimum Gasteiger partial charge on any atom is -0.361 e. The van der Waals surface area contributed by atoms with Crippen LogP contribution in [0, 0.1) is 6.92 Å². The first kappa shape index (κ1) is 13.4. The van der Waals surface area contributed by atoms with Gasteiger partial charge in [-0.3, -0.25) is 4.79 Å². The van der Waals surface area contributed by atoms with E-state index >= 15 is 4.39 Å². The molecule has 7 nitrogen and oxygen atoms in total. The van der Waals surface area contributed by atoms with E-state index in [4.69, 9.17) is 9.05 Å². The van der Waals surface area contributed by atoms with Crippen molar-refractivity contribution in [2.24, 2.45) is 0 Å². The number of aryl methyl sites for hydroxylation is 1. The van der Waals surface area contributed by atoms with E-state index in [9.17, 15) is 4.79 Å². The molecule has 2 aliphatic rings. The lowest BCUT2D eigenvalue weighted by molar-refractivity contribution is 0.0707. The summed E-state index contributed by atoms with van der Waals surface area (Å²) in [5.74, 6) is 1.04. The maximum Gasteiger partial charge on any atom is 0.276 e. The number of likely N-dealkylation sites (tertiary alicyclic amines) is 1. The minimum atomic E-state index is -1.78. The summed E-state index contributed by atoms with van der Waals surface area (Å²) in [5.41, 5.74) is -1.60. The molecule has 2 aromatic rings. The second-order valence-electron chi connectivity index (χ2n) is 6.00. The van der Waals surface area contributed by atoms with E-state index in [1.165, 1.54) is 4.90 Å². The van der Waals surface area contributed by atoms with Gasteiger partial charge in [-0.25, -0.2) is 4.39 Å². The molecule has 116 valence electrons. The molecule has 3 heterocycles. The van der Waals surface area contributed by atoms with Crippen LogP contribution in [0.1, 0.15) is 53.1 Å². The summed E-state index contributed by atoms with van der Waals surface area (Å²) >= 11 is 0. The van der Waals surface area contributed by atoms with Crippen molar-refractivity contribution in [3.8, 4) is 0 Å². The number of carbonyl (C=O) groups is 1. The Kier molecular flexibility index (Phi) is 2.82. The second kappa shape index (κ2) is 4.62. The van der Waals surface area contributed by atoms with E-state index in [0.29, 0.717) is 17.5 Å². The van der Waals surface area contributed by atoms with Crippen molar-refractivity contribution in [1.82, 2.24) is 20.2 Å². The van der Waals surface area contributed by atoms with Crippen LogP contribution >= 0.6 is 0 Å². The van der Waals surface area contributed by atoms with Crippen LogP contribution in [0.5, 0.6) is 0 Å². The smallest absolute Gasteiger partial charge is 0.276 e. The van der Waals surface area contributed by atoms with Gasteiger partial charge in [-0.1, -0.05) is 10.3 Å². The van der Waals surface area contributed by atoms with Gasteiger partial charge in [0.15, 0.2) is 11.5 Å². The molecule has 0 spiro atoms. The van der Waals surface area contributed by atoms with Crippen LogP contribution in [0.2, 0.25) is 0 Å². The fourth-order valence-electron chi connectivity index (χ4n) is 2.67. The number of rotatable bonds is 3. The summed E-state index contributed by atoms with van der Waals surface area (Å²) in [6, 6.07) is 1.54. The zero-order chi connectivity index (χ0) is 15.3. The molecular weight excluding hydrogens is 291 g/mol. The Bertz CT molecular complexity index is 723. The Morgan fingerprint density at radius 3 is 2.91 bits per heavy atom. The fraction of sp³-hybridized carbons (Fsp3) is 0.571. The minimum absolute atomic E-state index is 0.0268. The van der Waals surface area contributed by atoms with Gasteiger partial charge < -0.3 is 13.9 Å². The summed E-state index contributed by atoms with van der Waals surface area (Å²) in [7, 11) is 0. The highest BCUT2D eigenvalue weighted by molar-refractivity contribution is 5.92. The van der Waals surface area contributed by atoms with Crippen molar-refractivity contribution >= 4 is 5.91 Å². The third kappa shape index (κ3) is 2.18. The molecule has 4 rings (SSSR count). The monoisotopic (exact) mass is 306 g/mol. The van der Waals surface area contributed by atoms with Crippen molar-refractivity contribution in [3.05, 3.63) is 29.2 Å². The van der Waals surface area contributed by atoms with Gasteiger partial charge in [-0.05, 0) is 19.8 Å². The van der Waals surface area contributed by atoms with Gasteiger partial charge in [0.2, 0.25) is 5.67 Å². The SMILES string of the molecule is Cc1cc(C(=O)N2CCC(F)(c3nc(C4CC4)no3)C2)no1. The number of carbonyl (C=O) groups excluding carboxylic acids is 1. The highest BCUT2D eigenvalue weighted by atomic mass is 19.1. The molecule has 1 aliphatic carbocycles. The molecule has 1 atom stereocenters. The zero-order valence-electron chi connectivity index (χ0n) is 12.1. The van der Waals surface area contributed by atoms with Gasteiger partial charge in [0.05, 0.1) is 6.54 Å². The fourth-order valence-corrected chi connectivity index (χ4v) is 2.67. The summed E-state index contributed by atoms with van der Waals surface area (Å²) in [6.45, 7) is 1.87. The molecule has 8 heteroatoms. The van der Waals surface area contributed by atoms with E-state index in [1.807, 2.05) is 0 Å². The van der Waals surface area contributed by atoms with Gasteiger partial charge in [0.25, 0.3) is 11.8 Å². The van der Waals surface area contributed by atoms with Gasteiger partial charge >= 0.3 is 0 Å². The van der Waals surface area contributed by atoms with E-state index in [2.05, 4.69) is 15.3 Å². The molecule has 1 saturated heterocycles. The Morgan fingerprint density at radius 1 is 1.41 bits per heavy atom. The molecule has 1 amide bonds. The molecule has 22 heavy (non-hydrogen) atoms. The topological polar surface area (TPSA) is 85.3 Å². The summed E-state index contributed by atoms with van der Waals surface area (Å²) in [6.07, 6.45) is 2.19. The first-order valence-corrected chi connectivity index (χ1v) is 7.31. The molecule has 2 aromatic heterocycles. The van der Waals surface area contributed by atoms with Crippen LogP contribution in [-0.2, 0) is 5.67 Å². The highest BCUT2D eigenvalue weighted by Crippen LogP contribution is 2.41. The van der Waals surface area contributed by atoms with Gasteiger partial charge in [-0.15, -0.1) is 0 Å². The Hall–Kier alpha value is -2.25. The average Bonchev–Trinajstić information content (AvgIpc) is 2.92. The van der Waals surface area contributed by atoms with E-state index in [0.717, 1.165) is 12.8 Å². The van der Waals surface area contributed by atoms with Crippen molar-refractivity contribution in [1.29, 1.82) is 0 Å². The Morgan fingerprint density at radius 2 is 2.23 bits per heavy atom. The molecule has 0 bridgehead atoms. The quantitative estimate of drug-likeness (QED) is 0.861. The number of hydrogen-bond donors (Lipinski definition) is 0. The lowest BCUT2D eigenvalue weighted by Gasteiger charge is -2.16. The zero-order valence-corrected chi connectivity index (χ0v) is 12.1. The van der Waals surface area contributed by atoms with Gasteiger partial charge in [0, 0.05) is 24.9 Å². The summed E-state index contributed by atoms with van der Waals surface area (Å²) < 4.78 is 25.0. The van der Waals surface area contributed by atoms with Crippen LogP contribution in [0.15, 0.2) is 15.1 Å². The van der Waals surface area contributed by atoms with Crippen LogP contribution in [0.3, 0.4) is 0 Å². The summed E-state index contributed by atoms with van der Waals surface area (Å²) in [4.78, 5) is 17.8. The predicted molar refractivity (Wildman–Crippen MR) is 70.8 cm³/mol. The number of halogens is 1. The molecule has 0 radical (unpaired) electrons. The second-order valence-corrected chi connectivity index (χ2v) is 6.00. The maximum atomic E-state index is 15.0. The first-order valence-electron chi connectivity index (χ1n) is 7.31. The first-order chi connectivity index (χ1) is 10.5. The summed E-state index contributed by atoms with van der Waals surface area (Å²) in [5, 5.41) is 7.52. The predicted octanol–water partition coefficient (Wildman–Crippen LogP) is 1.95. The van der Waals surface area contributed by atoms with E-state index in [-0.39, 0.29) is 37.0 Å². The van der Waals surface area contributed by atoms with Crippen molar-refractivity contribution in [2.75, 3.05) is 13.1 Å². The van der Waals surface area contributed by atoms with E-state index in [1.54, 1.807) is 13.0 Å². The van der Waals surface area contributed by atoms with Crippen LogP contribution in [-0.4, -0.2) is 39.2 Å². The molecule has 2 fully saturated rings. The largest absolute Gasteiger partial charge is 0.361 e. The molecule has 0 N–H and O–H groups in total. The maximum absolute atomic E-state index is 15.0. The number of nitrogens with zero attached hydrogens (tertiary/aromatic N) is 4. The third-order valence-electron chi connectivity index (χ3n) is 4.12. The molecule has 0 aromatic carbocycles. The lowest BCUT2D eigenvalue weighted by Crippen LogP contribution is -2.32. The van der Waals surface area contributed by atoms with Gasteiger partial charge in [0.1, 0.15) is 5.76 Å². The number of aromatic nitrogens is 3. The molecule has 1 unspecified atom stereocenters. The Balaban J connectivity index is 1.51. The standard InChI is InChI=1S/C14H15FN4O3/c1-8-6-10(17-21-8)12(20)19-5-4-14(15,7-19)13-16-11(18-22-13)9-2-3-9/h6,9H,2-5,7H2,1H3. The highest BCUT2D eigenvalue weighted by Gasteiger charge is 2.47. The average molecular weight is 306 g/mol. The van der Waals surface area contributed by atoms with Crippen molar-refractivity contribution < 1.29 is 18.2 Å². The number of hydrogen-bond acceptors (Lipinski definition) is 6. The van der Waals surface area contributed by atoms with E-state index < -0.39 is 5.67 Å². The lowest BCUT2D eigenvalue weighted by atomic mass is 10.1. The molecule has 1 aliphatic heterocycles. The van der Waals surface area contributed by atoms with Crippen molar-refractivity contribution in [3.63, 3.8) is 0 Å². The normalized spacial score (nSPS) is 24.9. The van der Waals surface area contributed by atoms with Crippen LogP contribution in [0.25, 0.3) is 0 Å². The van der Waals surface area contributed by atoms with Crippen molar-refractivity contribution in [2.45, 2.75) is 37.8 Å². The number of amides is 1. The molecular formula is C14H15FN4O3. The Labute approximate surface area is 125 Å². The number of alkyl halides is 1. The van der Waals surface area contributed by atoms with Crippen LogP contribution < -0.4 is 0 Å².